The SMILES string of the molecule is O=C(c1n[nH]c(C2CC2)n1)N(Cc1cccnc1)C1CC1. The monoisotopic (exact) mass is 283 g/mol. The lowest BCUT2D eigenvalue weighted by atomic mass is 10.2. The smallest absolute Gasteiger partial charge is 0.294 e. The minimum absolute atomic E-state index is 0.0792. The highest BCUT2D eigenvalue weighted by atomic mass is 16.2. The molecule has 108 valence electrons. The van der Waals surface area contributed by atoms with Gasteiger partial charge < -0.3 is 4.90 Å². The number of carbonyl (C=O) groups is 1. The third-order valence-corrected chi connectivity index (χ3v) is 3.98. The van der Waals surface area contributed by atoms with Gasteiger partial charge in [0.1, 0.15) is 5.82 Å². The Labute approximate surface area is 122 Å². The molecule has 0 bridgehead atoms. The number of aromatic nitrogens is 4. The van der Waals surface area contributed by atoms with Gasteiger partial charge in [-0.05, 0) is 37.3 Å². The second-order valence-electron chi connectivity index (χ2n) is 5.84. The van der Waals surface area contributed by atoms with E-state index in [4.69, 9.17) is 0 Å². The lowest BCUT2D eigenvalue weighted by Crippen LogP contribution is -2.33. The first-order chi connectivity index (χ1) is 10.3. The first-order valence-electron chi connectivity index (χ1n) is 7.43. The van der Waals surface area contributed by atoms with E-state index in [9.17, 15) is 4.79 Å². The summed E-state index contributed by atoms with van der Waals surface area (Å²) in [7, 11) is 0. The Bertz CT molecular complexity index is 645. The minimum atomic E-state index is -0.0792. The minimum Gasteiger partial charge on any atom is -0.328 e. The number of nitrogens with zero attached hydrogens (tertiary/aromatic N) is 4. The zero-order valence-corrected chi connectivity index (χ0v) is 11.7. The molecule has 2 heterocycles. The Balaban J connectivity index is 1.53. The summed E-state index contributed by atoms with van der Waals surface area (Å²) in [5.74, 6) is 1.56. The van der Waals surface area contributed by atoms with Crippen molar-refractivity contribution >= 4 is 5.91 Å². The van der Waals surface area contributed by atoms with E-state index in [2.05, 4.69) is 20.2 Å². The Morgan fingerprint density at radius 2 is 2.19 bits per heavy atom. The van der Waals surface area contributed by atoms with Crippen LogP contribution in [0.2, 0.25) is 0 Å². The van der Waals surface area contributed by atoms with E-state index in [1.807, 2.05) is 17.0 Å². The number of pyridine rings is 1. The molecule has 2 fully saturated rings. The topological polar surface area (TPSA) is 74.8 Å². The molecule has 0 radical (unpaired) electrons. The predicted molar refractivity (Wildman–Crippen MR) is 75.5 cm³/mol. The van der Waals surface area contributed by atoms with Crippen LogP contribution in [0.3, 0.4) is 0 Å². The zero-order valence-electron chi connectivity index (χ0n) is 11.7. The van der Waals surface area contributed by atoms with E-state index in [-0.39, 0.29) is 5.91 Å². The van der Waals surface area contributed by atoms with Gasteiger partial charge in [0.2, 0.25) is 5.82 Å². The second kappa shape index (κ2) is 4.95. The van der Waals surface area contributed by atoms with Crippen LogP contribution >= 0.6 is 0 Å². The van der Waals surface area contributed by atoms with Gasteiger partial charge in [-0.25, -0.2) is 4.98 Å². The van der Waals surface area contributed by atoms with Crippen LogP contribution in [-0.4, -0.2) is 37.0 Å². The predicted octanol–water partition coefficient (Wildman–Crippen LogP) is 1.88. The fraction of sp³-hybridized carbons (Fsp3) is 0.467. The largest absolute Gasteiger partial charge is 0.328 e. The van der Waals surface area contributed by atoms with Gasteiger partial charge in [0, 0.05) is 30.9 Å². The van der Waals surface area contributed by atoms with Gasteiger partial charge in [-0.15, -0.1) is 5.10 Å². The van der Waals surface area contributed by atoms with E-state index in [0.29, 0.717) is 24.3 Å². The van der Waals surface area contributed by atoms with Crippen molar-refractivity contribution < 1.29 is 4.79 Å². The van der Waals surface area contributed by atoms with Crippen LogP contribution in [0.1, 0.15) is 53.6 Å². The molecular formula is C15H17N5O. The fourth-order valence-corrected chi connectivity index (χ4v) is 2.48. The number of carbonyl (C=O) groups excluding carboxylic acids is 1. The third kappa shape index (κ3) is 2.66. The molecule has 4 rings (SSSR count). The summed E-state index contributed by atoms with van der Waals surface area (Å²) in [5.41, 5.74) is 1.04. The standard InChI is InChI=1S/C15H17N5O/c21-15(14-17-13(18-19-14)11-3-4-11)20(12-5-6-12)9-10-2-1-7-16-8-10/h1-2,7-8,11-12H,3-6,9H2,(H,17,18,19). The molecule has 21 heavy (non-hydrogen) atoms. The highest BCUT2D eigenvalue weighted by Crippen LogP contribution is 2.38. The molecule has 0 atom stereocenters. The Hall–Kier alpha value is -2.24. The molecule has 6 nitrogen and oxygen atoms in total. The molecule has 0 unspecified atom stereocenters. The van der Waals surface area contributed by atoms with E-state index in [0.717, 1.165) is 37.1 Å². The van der Waals surface area contributed by atoms with Crippen LogP contribution in [0.4, 0.5) is 0 Å². The highest BCUT2D eigenvalue weighted by Gasteiger charge is 2.35. The van der Waals surface area contributed by atoms with E-state index in [1.165, 1.54) is 0 Å². The van der Waals surface area contributed by atoms with Crippen molar-refractivity contribution in [2.75, 3.05) is 0 Å². The van der Waals surface area contributed by atoms with Crippen molar-refractivity contribution in [2.24, 2.45) is 0 Å². The second-order valence-corrected chi connectivity index (χ2v) is 5.84. The molecular weight excluding hydrogens is 266 g/mol. The summed E-state index contributed by atoms with van der Waals surface area (Å²) in [6, 6.07) is 4.20. The Kier molecular flexibility index (Phi) is 2.94. The normalized spacial score (nSPS) is 17.7. The van der Waals surface area contributed by atoms with Crippen LogP contribution in [0.5, 0.6) is 0 Å². The fourth-order valence-electron chi connectivity index (χ4n) is 2.48. The van der Waals surface area contributed by atoms with Gasteiger partial charge in [-0.1, -0.05) is 6.07 Å². The summed E-state index contributed by atoms with van der Waals surface area (Å²) in [6.45, 7) is 0.574. The molecule has 2 saturated carbocycles. The lowest BCUT2D eigenvalue weighted by molar-refractivity contribution is 0.0717. The summed E-state index contributed by atoms with van der Waals surface area (Å²) < 4.78 is 0. The zero-order chi connectivity index (χ0) is 14.2. The number of nitrogens with one attached hydrogen (secondary N) is 1. The molecule has 0 aromatic carbocycles. The first-order valence-corrected chi connectivity index (χ1v) is 7.43. The quantitative estimate of drug-likeness (QED) is 0.909. The number of H-pyrrole nitrogens is 1. The molecule has 2 aromatic heterocycles. The summed E-state index contributed by atoms with van der Waals surface area (Å²) in [4.78, 5) is 23.0. The molecule has 2 aromatic rings. The van der Waals surface area contributed by atoms with Gasteiger partial charge in [0.25, 0.3) is 5.91 Å². The average Bonchev–Trinajstić information content (AvgIpc) is 3.44. The van der Waals surface area contributed by atoms with Crippen molar-refractivity contribution in [1.29, 1.82) is 0 Å². The molecule has 2 aliphatic carbocycles. The van der Waals surface area contributed by atoms with Crippen molar-refractivity contribution in [2.45, 2.75) is 44.2 Å². The summed E-state index contributed by atoms with van der Waals surface area (Å²) in [6.07, 6.45) is 7.95. The number of hydrogen-bond donors (Lipinski definition) is 1. The average molecular weight is 283 g/mol. The highest BCUT2D eigenvalue weighted by molar-refractivity contribution is 5.90. The Morgan fingerprint density at radius 1 is 1.33 bits per heavy atom. The van der Waals surface area contributed by atoms with Crippen LogP contribution in [-0.2, 0) is 6.54 Å². The van der Waals surface area contributed by atoms with Crippen LogP contribution in [0.25, 0.3) is 0 Å². The van der Waals surface area contributed by atoms with E-state index < -0.39 is 0 Å². The molecule has 6 heteroatoms. The van der Waals surface area contributed by atoms with Gasteiger partial charge in [-0.2, -0.15) is 0 Å². The molecule has 1 N–H and O–H groups in total. The van der Waals surface area contributed by atoms with E-state index >= 15 is 0 Å². The maximum atomic E-state index is 12.6. The van der Waals surface area contributed by atoms with Gasteiger partial charge in [-0.3, -0.25) is 14.9 Å². The Morgan fingerprint density at radius 3 is 2.86 bits per heavy atom. The third-order valence-electron chi connectivity index (χ3n) is 3.98. The number of hydrogen-bond acceptors (Lipinski definition) is 4. The van der Waals surface area contributed by atoms with Gasteiger partial charge in [0.05, 0.1) is 0 Å². The first kappa shape index (κ1) is 12.5. The summed E-state index contributed by atoms with van der Waals surface area (Å²) in [5, 5.41) is 7.01. The van der Waals surface area contributed by atoms with Crippen molar-refractivity contribution in [3.05, 3.63) is 41.7 Å². The number of aromatic amines is 1. The van der Waals surface area contributed by atoms with Crippen molar-refractivity contribution in [3.8, 4) is 0 Å². The lowest BCUT2D eigenvalue weighted by Gasteiger charge is -2.20. The number of amides is 1. The van der Waals surface area contributed by atoms with Crippen LogP contribution < -0.4 is 0 Å². The molecule has 0 saturated heterocycles. The summed E-state index contributed by atoms with van der Waals surface area (Å²) >= 11 is 0. The van der Waals surface area contributed by atoms with Gasteiger partial charge >= 0.3 is 0 Å². The van der Waals surface area contributed by atoms with Crippen LogP contribution in [0.15, 0.2) is 24.5 Å². The maximum Gasteiger partial charge on any atom is 0.294 e. The van der Waals surface area contributed by atoms with Gasteiger partial charge in [0.15, 0.2) is 0 Å². The van der Waals surface area contributed by atoms with Crippen molar-refractivity contribution in [3.63, 3.8) is 0 Å². The maximum absolute atomic E-state index is 12.6. The van der Waals surface area contributed by atoms with Crippen molar-refractivity contribution in [1.82, 2.24) is 25.1 Å². The molecule has 0 spiro atoms. The number of rotatable bonds is 5. The van der Waals surface area contributed by atoms with E-state index in [1.54, 1.807) is 12.4 Å². The molecule has 2 aliphatic rings. The van der Waals surface area contributed by atoms with Crippen LogP contribution in [0, 0.1) is 0 Å². The molecule has 1 amide bonds. The molecule has 0 aliphatic heterocycles.